The van der Waals surface area contributed by atoms with Gasteiger partial charge in [0.05, 0.1) is 25.5 Å². The zero-order valence-corrected chi connectivity index (χ0v) is 11.5. The van der Waals surface area contributed by atoms with Crippen molar-refractivity contribution in [2.24, 2.45) is 4.99 Å². The molecular formula is C13H20N2O2S. The summed E-state index contributed by atoms with van der Waals surface area (Å²) >= 11 is 1.71. The lowest BCUT2D eigenvalue weighted by atomic mass is 10.3. The van der Waals surface area contributed by atoms with Gasteiger partial charge in [-0.15, -0.1) is 11.8 Å². The Balaban J connectivity index is 2.09. The van der Waals surface area contributed by atoms with Crippen LogP contribution >= 0.6 is 11.8 Å². The number of nitrogens with one attached hydrogen (secondary N) is 1. The van der Waals surface area contributed by atoms with Gasteiger partial charge in [0.2, 0.25) is 0 Å². The standard InChI is InChI=1S/C13H20N2O2S/c1-14-12-5-3-4-6-13(12)18-11-15-7-8-17-10-9-16-2/h3-6,15H,1,7-11H2,2H3. The van der Waals surface area contributed by atoms with Gasteiger partial charge in [-0.1, -0.05) is 12.1 Å². The van der Waals surface area contributed by atoms with Crippen LogP contribution in [0.5, 0.6) is 0 Å². The predicted molar refractivity (Wildman–Crippen MR) is 77.1 cm³/mol. The topological polar surface area (TPSA) is 42.9 Å². The monoisotopic (exact) mass is 268 g/mol. The summed E-state index contributed by atoms with van der Waals surface area (Å²) in [5, 5.41) is 3.30. The molecule has 18 heavy (non-hydrogen) atoms. The molecule has 1 N–H and O–H groups in total. The fourth-order valence-corrected chi connectivity index (χ4v) is 2.16. The van der Waals surface area contributed by atoms with Crippen molar-refractivity contribution in [2.75, 3.05) is 39.4 Å². The molecule has 0 aliphatic rings. The quantitative estimate of drug-likeness (QED) is 0.306. The average Bonchev–Trinajstić information content (AvgIpc) is 2.42. The van der Waals surface area contributed by atoms with E-state index in [9.17, 15) is 0 Å². The Morgan fingerprint density at radius 1 is 1.28 bits per heavy atom. The fourth-order valence-electron chi connectivity index (χ4n) is 1.30. The highest BCUT2D eigenvalue weighted by atomic mass is 32.2. The smallest absolute Gasteiger partial charge is 0.0758 e. The number of thioether (sulfide) groups is 1. The van der Waals surface area contributed by atoms with E-state index in [-0.39, 0.29) is 0 Å². The molecule has 0 saturated carbocycles. The van der Waals surface area contributed by atoms with Gasteiger partial charge in [-0.25, -0.2) is 0 Å². The van der Waals surface area contributed by atoms with Gasteiger partial charge in [0.1, 0.15) is 0 Å². The number of rotatable bonds is 10. The lowest BCUT2D eigenvalue weighted by Gasteiger charge is -2.07. The molecule has 1 rings (SSSR count). The third-order valence-corrected chi connectivity index (χ3v) is 3.22. The summed E-state index contributed by atoms with van der Waals surface area (Å²) < 4.78 is 10.2. The number of hydrogen-bond donors (Lipinski definition) is 1. The predicted octanol–water partition coefficient (Wildman–Crippen LogP) is 2.32. The van der Waals surface area contributed by atoms with Crippen molar-refractivity contribution in [3.05, 3.63) is 24.3 Å². The molecule has 0 aromatic heterocycles. The van der Waals surface area contributed by atoms with Crippen molar-refractivity contribution in [1.82, 2.24) is 5.32 Å². The van der Waals surface area contributed by atoms with Gasteiger partial charge in [0.25, 0.3) is 0 Å². The molecule has 4 nitrogen and oxygen atoms in total. The molecular weight excluding hydrogens is 248 g/mol. The molecule has 0 heterocycles. The van der Waals surface area contributed by atoms with E-state index in [2.05, 4.69) is 17.0 Å². The van der Waals surface area contributed by atoms with Gasteiger partial charge in [0, 0.05) is 24.4 Å². The van der Waals surface area contributed by atoms with Crippen LogP contribution in [0.25, 0.3) is 0 Å². The fraction of sp³-hybridized carbons (Fsp3) is 0.462. The first-order valence-electron chi connectivity index (χ1n) is 5.84. The maximum atomic E-state index is 5.35. The second kappa shape index (κ2) is 10.1. The van der Waals surface area contributed by atoms with Crippen molar-refractivity contribution < 1.29 is 9.47 Å². The Labute approximate surface area is 113 Å². The number of benzene rings is 1. The first kappa shape index (κ1) is 15.2. The molecule has 0 aliphatic carbocycles. The van der Waals surface area contributed by atoms with Crippen LogP contribution in [0.4, 0.5) is 5.69 Å². The Kier molecular flexibility index (Phi) is 8.50. The zero-order valence-electron chi connectivity index (χ0n) is 10.7. The van der Waals surface area contributed by atoms with E-state index in [0.29, 0.717) is 19.8 Å². The number of nitrogens with zero attached hydrogens (tertiary/aromatic N) is 1. The van der Waals surface area contributed by atoms with Gasteiger partial charge >= 0.3 is 0 Å². The first-order chi connectivity index (χ1) is 8.88. The van der Waals surface area contributed by atoms with Crippen molar-refractivity contribution in [1.29, 1.82) is 0 Å². The summed E-state index contributed by atoms with van der Waals surface area (Å²) in [5.41, 5.74) is 0.931. The number of aliphatic imine (C=N–C) groups is 1. The molecule has 5 heteroatoms. The number of hydrogen-bond acceptors (Lipinski definition) is 5. The van der Waals surface area contributed by atoms with Crippen molar-refractivity contribution >= 4 is 24.2 Å². The third kappa shape index (κ3) is 6.16. The van der Waals surface area contributed by atoms with E-state index in [0.717, 1.165) is 23.0 Å². The molecule has 0 radical (unpaired) electrons. The number of methoxy groups -OCH3 is 1. The summed E-state index contributed by atoms with van der Waals surface area (Å²) in [6, 6.07) is 7.98. The Morgan fingerprint density at radius 3 is 2.89 bits per heavy atom. The van der Waals surface area contributed by atoms with Crippen molar-refractivity contribution in [3.8, 4) is 0 Å². The number of para-hydroxylation sites is 1. The minimum atomic E-state index is 0.646. The third-order valence-electron chi connectivity index (χ3n) is 2.22. The highest BCUT2D eigenvalue weighted by Crippen LogP contribution is 2.27. The van der Waals surface area contributed by atoms with Crippen LogP contribution in [0.1, 0.15) is 0 Å². The van der Waals surface area contributed by atoms with E-state index in [1.54, 1.807) is 18.9 Å². The molecule has 0 atom stereocenters. The normalized spacial score (nSPS) is 10.5. The van der Waals surface area contributed by atoms with Gasteiger partial charge < -0.3 is 14.8 Å². The van der Waals surface area contributed by atoms with Crippen LogP contribution in [-0.2, 0) is 9.47 Å². The van der Waals surface area contributed by atoms with E-state index in [4.69, 9.17) is 9.47 Å². The molecule has 0 bridgehead atoms. The van der Waals surface area contributed by atoms with E-state index >= 15 is 0 Å². The van der Waals surface area contributed by atoms with E-state index < -0.39 is 0 Å². The van der Waals surface area contributed by atoms with Crippen LogP contribution in [-0.4, -0.2) is 46.1 Å². The molecule has 0 aliphatic heterocycles. The van der Waals surface area contributed by atoms with Crippen LogP contribution in [0, 0.1) is 0 Å². The lowest BCUT2D eigenvalue weighted by molar-refractivity contribution is 0.0725. The molecule has 1 aromatic carbocycles. The maximum Gasteiger partial charge on any atom is 0.0758 e. The van der Waals surface area contributed by atoms with Crippen molar-refractivity contribution in [3.63, 3.8) is 0 Å². The Bertz CT molecular complexity index is 348. The van der Waals surface area contributed by atoms with Gasteiger partial charge in [-0.05, 0) is 18.9 Å². The highest BCUT2D eigenvalue weighted by Gasteiger charge is 1.99. The maximum absolute atomic E-state index is 5.35. The Morgan fingerprint density at radius 2 is 2.11 bits per heavy atom. The molecule has 0 unspecified atom stereocenters. The summed E-state index contributed by atoms with van der Waals surface area (Å²) in [6.07, 6.45) is 0. The largest absolute Gasteiger partial charge is 0.382 e. The SMILES string of the molecule is C=Nc1ccccc1SCNCCOCCOC. The second-order valence-corrected chi connectivity index (χ2v) is 4.54. The lowest BCUT2D eigenvalue weighted by Crippen LogP contribution is -2.20. The Hall–Kier alpha value is -0.880. The van der Waals surface area contributed by atoms with Gasteiger partial charge in [0.15, 0.2) is 0 Å². The first-order valence-corrected chi connectivity index (χ1v) is 6.83. The second-order valence-electron chi connectivity index (χ2n) is 3.52. The molecule has 0 fully saturated rings. The number of ether oxygens (including phenoxy) is 2. The van der Waals surface area contributed by atoms with Crippen LogP contribution in [0.3, 0.4) is 0 Å². The summed E-state index contributed by atoms with van der Waals surface area (Å²) in [7, 11) is 1.67. The van der Waals surface area contributed by atoms with E-state index in [1.807, 2.05) is 24.3 Å². The van der Waals surface area contributed by atoms with Crippen molar-refractivity contribution in [2.45, 2.75) is 4.90 Å². The summed E-state index contributed by atoms with van der Waals surface area (Å²) in [6.45, 7) is 6.39. The molecule has 1 aromatic rings. The van der Waals surface area contributed by atoms with Gasteiger partial charge in [-0.3, -0.25) is 4.99 Å². The molecule has 0 saturated heterocycles. The van der Waals surface area contributed by atoms with Crippen LogP contribution in [0.15, 0.2) is 34.2 Å². The summed E-state index contributed by atoms with van der Waals surface area (Å²) in [5.74, 6) is 0.834. The zero-order chi connectivity index (χ0) is 13.1. The minimum Gasteiger partial charge on any atom is -0.382 e. The summed E-state index contributed by atoms with van der Waals surface area (Å²) in [4.78, 5) is 5.12. The van der Waals surface area contributed by atoms with E-state index in [1.165, 1.54) is 0 Å². The minimum absolute atomic E-state index is 0.646. The average molecular weight is 268 g/mol. The molecule has 0 spiro atoms. The molecule has 100 valence electrons. The van der Waals surface area contributed by atoms with Gasteiger partial charge in [-0.2, -0.15) is 0 Å². The highest BCUT2D eigenvalue weighted by molar-refractivity contribution is 7.99. The van der Waals surface area contributed by atoms with Crippen LogP contribution < -0.4 is 5.32 Å². The molecule has 0 amide bonds. The van der Waals surface area contributed by atoms with Crippen LogP contribution in [0.2, 0.25) is 0 Å².